The van der Waals surface area contributed by atoms with Gasteiger partial charge in [-0.2, -0.15) is 0 Å². The smallest absolute Gasteiger partial charge is 0.254 e. The van der Waals surface area contributed by atoms with Crippen LogP contribution >= 0.6 is 0 Å². The zero-order chi connectivity index (χ0) is 17.8. The van der Waals surface area contributed by atoms with Crippen molar-refractivity contribution in [1.29, 1.82) is 0 Å². The van der Waals surface area contributed by atoms with Gasteiger partial charge in [-0.15, -0.1) is 0 Å². The molecule has 8 nitrogen and oxygen atoms in total. The highest BCUT2D eigenvalue weighted by Crippen LogP contribution is 2.32. The third kappa shape index (κ3) is 3.89. The maximum absolute atomic E-state index is 12.7. The van der Waals surface area contributed by atoms with Crippen LogP contribution in [-0.2, 0) is 11.2 Å². The first kappa shape index (κ1) is 17.2. The standard InChI is InChI=1S/C17H23N5O3/c1-21(2)15-11-18-10-13(19-15)14-5-4-8-22(14)17(23)7-6-12-9-16(24-3)20-25-12/h9-11,14H,4-8H2,1-3H3/t14-/m1/s1. The second-order valence-electron chi connectivity index (χ2n) is 6.28. The van der Waals surface area contributed by atoms with E-state index in [1.165, 1.54) is 7.11 Å². The summed E-state index contributed by atoms with van der Waals surface area (Å²) < 4.78 is 10.1. The van der Waals surface area contributed by atoms with Gasteiger partial charge in [-0.25, -0.2) is 4.98 Å². The fourth-order valence-corrected chi connectivity index (χ4v) is 3.00. The van der Waals surface area contributed by atoms with Crippen molar-refractivity contribution < 1.29 is 14.1 Å². The summed E-state index contributed by atoms with van der Waals surface area (Å²) in [5.41, 5.74) is 0.846. The molecule has 1 amide bonds. The molecule has 0 bridgehead atoms. The third-order valence-corrected chi connectivity index (χ3v) is 4.34. The molecular formula is C17H23N5O3. The van der Waals surface area contributed by atoms with Crippen molar-refractivity contribution >= 4 is 11.7 Å². The highest BCUT2D eigenvalue weighted by Gasteiger charge is 2.31. The summed E-state index contributed by atoms with van der Waals surface area (Å²) in [5, 5.41) is 3.75. The maximum Gasteiger partial charge on any atom is 0.254 e. The van der Waals surface area contributed by atoms with Gasteiger partial charge in [-0.3, -0.25) is 9.78 Å². The molecule has 0 aliphatic carbocycles. The first-order valence-corrected chi connectivity index (χ1v) is 8.37. The van der Waals surface area contributed by atoms with Crippen molar-refractivity contribution in [2.75, 3.05) is 32.6 Å². The minimum atomic E-state index is -0.0100. The van der Waals surface area contributed by atoms with E-state index in [-0.39, 0.29) is 11.9 Å². The van der Waals surface area contributed by atoms with Crippen molar-refractivity contribution in [3.8, 4) is 5.88 Å². The molecule has 1 aliphatic rings. The molecule has 1 atom stereocenters. The van der Waals surface area contributed by atoms with Gasteiger partial charge in [0.25, 0.3) is 5.88 Å². The summed E-state index contributed by atoms with van der Waals surface area (Å²) >= 11 is 0. The molecule has 1 aliphatic heterocycles. The third-order valence-electron chi connectivity index (χ3n) is 4.34. The second kappa shape index (κ2) is 7.50. The lowest BCUT2D eigenvalue weighted by molar-refractivity contribution is -0.132. The molecule has 25 heavy (non-hydrogen) atoms. The maximum atomic E-state index is 12.7. The molecule has 3 heterocycles. The number of aromatic nitrogens is 3. The normalized spacial score (nSPS) is 16.9. The van der Waals surface area contributed by atoms with Crippen LogP contribution in [0, 0.1) is 0 Å². The summed E-state index contributed by atoms with van der Waals surface area (Å²) in [6.45, 7) is 0.747. The van der Waals surface area contributed by atoms with Gasteiger partial charge >= 0.3 is 0 Å². The SMILES string of the molecule is COc1cc(CCC(=O)N2CCC[C@@H]2c2cncc(N(C)C)n2)on1. The molecule has 1 fully saturated rings. The van der Waals surface area contributed by atoms with E-state index in [4.69, 9.17) is 9.26 Å². The summed E-state index contributed by atoms with van der Waals surface area (Å²) in [4.78, 5) is 25.4. The lowest BCUT2D eigenvalue weighted by atomic mass is 10.1. The minimum Gasteiger partial charge on any atom is -0.479 e. The number of hydrogen-bond donors (Lipinski definition) is 0. The van der Waals surface area contributed by atoms with Crippen LogP contribution in [0.2, 0.25) is 0 Å². The van der Waals surface area contributed by atoms with Crippen LogP contribution in [0.4, 0.5) is 5.82 Å². The Morgan fingerprint density at radius 2 is 2.28 bits per heavy atom. The van der Waals surface area contributed by atoms with Crippen molar-refractivity contribution in [3.63, 3.8) is 0 Å². The Labute approximate surface area is 146 Å². The summed E-state index contributed by atoms with van der Waals surface area (Å²) in [7, 11) is 5.39. The van der Waals surface area contributed by atoms with Crippen LogP contribution < -0.4 is 9.64 Å². The van der Waals surface area contributed by atoms with E-state index >= 15 is 0 Å². The van der Waals surface area contributed by atoms with Gasteiger partial charge in [0.2, 0.25) is 5.91 Å². The first-order chi connectivity index (χ1) is 12.1. The van der Waals surface area contributed by atoms with E-state index in [2.05, 4.69) is 15.1 Å². The topological polar surface area (TPSA) is 84.6 Å². The Morgan fingerprint density at radius 1 is 1.44 bits per heavy atom. The molecule has 3 rings (SSSR count). The van der Waals surface area contributed by atoms with Crippen LogP contribution in [0.3, 0.4) is 0 Å². The number of methoxy groups -OCH3 is 1. The molecule has 134 valence electrons. The number of aryl methyl sites for hydroxylation is 1. The van der Waals surface area contributed by atoms with Crippen LogP contribution in [-0.4, -0.2) is 53.7 Å². The molecule has 0 unspecified atom stereocenters. The summed E-state index contributed by atoms with van der Waals surface area (Å²) in [6.07, 6.45) is 6.23. The molecule has 2 aromatic rings. The number of carbonyl (C=O) groups excluding carboxylic acids is 1. The minimum absolute atomic E-state index is 0.0100. The molecule has 0 N–H and O–H groups in total. The zero-order valence-electron chi connectivity index (χ0n) is 14.8. The van der Waals surface area contributed by atoms with E-state index in [0.717, 1.165) is 30.9 Å². The molecule has 1 saturated heterocycles. The summed E-state index contributed by atoms with van der Waals surface area (Å²) in [6, 6.07) is 1.70. The molecule has 0 saturated carbocycles. The number of likely N-dealkylation sites (tertiary alicyclic amines) is 1. The Hall–Kier alpha value is -2.64. The van der Waals surface area contributed by atoms with Crippen molar-refractivity contribution in [3.05, 3.63) is 29.9 Å². The number of hydrogen-bond acceptors (Lipinski definition) is 7. The predicted octanol–water partition coefficient (Wildman–Crippen LogP) is 1.84. The van der Waals surface area contributed by atoms with E-state index in [1.54, 1.807) is 18.5 Å². The number of nitrogens with zero attached hydrogens (tertiary/aromatic N) is 5. The average Bonchev–Trinajstić information content (AvgIpc) is 3.29. The molecule has 0 radical (unpaired) electrons. The molecular weight excluding hydrogens is 322 g/mol. The fraction of sp³-hybridized carbons (Fsp3) is 0.529. The Morgan fingerprint density at radius 3 is 3.00 bits per heavy atom. The second-order valence-corrected chi connectivity index (χ2v) is 6.28. The van der Waals surface area contributed by atoms with Gasteiger partial charge in [0.05, 0.1) is 31.2 Å². The quantitative estimate of drug-likeness (QED) is 0.789. The Kier molecular flexibility index (Phi) is 5.16. The van der Waals surface area contributed by atoms with Crippen molar-refractivity contribution in [1.82, 2.24) is 20.0 Å². The van der Waals surface area contributed by atoms with Crippen LogP contribution in [0.5, 0.6) is 5.88 Å². The van der Waals surface area contributed by atoms with Crippen molar-refractivity contribution in [2.45, 2.75) is 31.7 Å². The molecule has 2 aromatic heterocycles. The lowest BCUT2D eigenvalue weighted by Gasteiger charge is -2.24. The van der Waals surface area contributed by atoms with Gasteiger partial charge in [0.15, 0.2) is 0 Å². The highest BCUT2D eigenvalue weighted by molar-refractivity contribution is 5.77. The van der Waals surface area contributed by atoms with Gasteiger partial charge in [-0.05, 0) is 18.0 Å². The van der Waals surface area contributed by atoms with Gasteiger partial charge < -0.3 is 19.1 Å². The van der Waals surface area contributed by atoms with Gasteiger partial charge in [0.1, 0.15) is 11.6 Å². The molecule has 8 heteroatoms. The van der Waals surface area contributed by atoms with E-state index in [0.29, 0.717) is 24.5 Å². The van der Waals surface area contributed by atoms with Gasteiger partial charge in [-0.1, -0.05) is 0 Å². The first-order valence-electron chi connectivity index (χ1n) is 8.37. The van der Waals surface area contributed by atoms with Crippen molar-refractivity contribution in [2.24, 2.45) is 0 Å². The van der Waals surface area contributed by atoms with E-state index in [1.807, 2.05) is 23.9 Å². The largest absolute Gasteiger partial charge is 0.479 e. The van der Waals surface area contributed by atoms with Crippen LogP contribution in [0.25, 0.3) is 0 Å². The van der Waals surface area contributed by atoms with Crippen LogP contribution in [0.15, 0.2) is 23.0 Å². The zero-order valence-corrected chi connectivity index (χ0v) is 14.8. The van der Waals surface area contributed by atoms with E-state index in [9.17, 15) is 4.79 Å². The Balaban J connectivity index is 1.66. The summed E-state index contributed by atoms with van der Waals surface area (Å²) in [5.74, 6) is 1.97. The number of rotatable bonds is 6. The number of amides is 1. The number of carbonyl (C=O) groups is 1. The molecule has 0 aromatic carbocycles. The number of anilines is 1. The monoisotopic (exact) mass is 345 g/mol. The fourth-order valence-electron chi connectivity index (χ4n) is 3.00. The Bertz CT molecular complexity index is 731. The van der Waals surface area contributed by atoms with Crippen LogP contribution in [0.1, 0.15) is 36.8 Å². The number of ether oxygens (including phenoxy) is 1. The average molecular weight is 345 g/mol. The van der Waals surface area contributed by atoms with E-state index < -0.39 is 0 Å². The lowest BCUT2D eigenvalue weighted by Crippen LogP contribution is -2.31. The predicted molar refractivity (Wildman–Crippen MR) is 91.4 cm³/mol. The van der Waals surface area contributed by atoms with Gasteiger partial charge in [0, 0.05) is 39.5 Å². The molecule has 0 spiro atoms. The highest BCUT2D eigenvalue weighted by atomic mass is 16.5.